The lowest BCUT2D eigenvalue weighted by molar-refractivity contribution is 0.131. The van der Waals surface area contributed by atoms with Crippen LogP contribution in [0.1, 0.15) is 132 Å². The first-order chi connectivity index (χ1) is 30.4. The van der Waals surface area contributed by atoms with Crippen molar-refractivity contribution in [2.75, 3.05) is 0 Å². The van der Waals surface area contributed by atoms with Gasteiger partial charge in [0, 0.05) is 52.2 Å². The molecule has 1 unspecified atom stereocenters. The Balaban J connectivity index is 0.960. The lowest BCUT2D eigenvalue weighted by Crippen LogP contribution is -2.23. The van der Waals surface area contributed by atoms with Crippen molar-refractivity contribution < 1.29 is 19.7 Å². The predicted octanol–water partition coefficient (Wildman–Crippen LogP) is 14.0. The van der Waals surface area contributed by atoms with E-state index >= 15 is 0 Å². The number of allylic oxidation sites excluding steroid dienone is 5. The fourth-order valence-corrected chi connectivity index (χ4v) is 10.7. The molecule has 0 bridgehead atoms. The van der Waals surface area contributed by atoms with Gasteiger partial charge in [0.15, 0.2) is 0 Å². The molecule has 6 nitrogen and oxygen atoms in total. The summed E-state index contributed by atoms with van der Waals surface area (Å²) in [6.45, 7) is 8.71. The largest absolute Gasteiger partial charge is 0.505 e. The molecule has 0 radical (unpaired) electrons. The SMILES string of the molecule is C=C1CCCCC/C=C2/CCCC/C2=C/1c1nccc(-c2ccccc2OC(C)C[C@@H](C)Oc2ccccc2-c2ccnc(-c3c4c(cc5c3CCCC5)CCCC4)c2O)c1O. The number of hydrogen-bond acceptors (Lipinski definition) is 6. The van der Waals surface area contributed by atoms with Crippen LogP contribution >= 0.6 is 0 Å². The second-order valence-electron chi connectivity index (χ2n) is 18.1. The first kappa shape index (κ1) is 41.7. The van der Waals surface area contributed by atoms with Gasteiger partial charge in [-0.05, 0) is 180 Å². The van der Waals surface area contributed by atoms with E-state index in [2.05, 4.69) is 32.6 Å². The zero-order valence-electron chi connectivity index (χ0n) is 36.8. The minimum Gasteiger partial charge on any atom is -0.505 e. The number of benzene rings is 3. The summed E-state index contributed by atoms with van der Waals surface area (Å²) in [6.07, 6.45) is 25.2. The Kier molecular flexibility index (Phi) is 12.6. The third-order valence-corrected chi connectivity index (χ3v) is 13.7. The molecule has 320 valence electrons. The van der Waals surface area contributed by atoms with Crippen molar-refractivity contribution in [1.82, 2.24) is 9.97 Å². The van der Waals surface area contributed by atoms with Crippen LogP contribution in [-0.2, 0) is 25.7 Å². The van der Waals surface area contributed by atoms with Gasteiger partial charge in [-0.1, -0.05) is 61.5 Å². The highest BCUT2D eigenvalue weighted by molar-refractivity contribution is 5.89. The smallest absolute Gasteiger partial charge is 0.149 e. The number of rotatable bonds is 10. The fraction of sp³-hybridized carbons (Fsp3) is 0.393. The normalized spacial score (nSPS) is 19.8. The van der Waals surface area contributed by atoms with E-state index in [0.717, 1.165) is 92.0 Å². The number of pyridine rings is 2. The molecule has 2 heterocycles. The molecule has 1 fully saturated rings. The van der Waals surface area contributed by atoms with E-state index in [1.807, 2.05) is 73.1 Å². The third kappa shape index (κ3) is 8.58. The minimum atomic E-state index is -0.212. The standard InChI is InChI=1S/C56H62N2O4/c1-36-18-6-4-5-7-19-39-20-8-11-23-42(39)51(36)53-55(59)47(30-32-57-53)45-26-14-16-28-49(45)61-37(2)34-38(3)62-50-29-17-15-27-46(50)48-31-33-58-54(56(48)60)52-43-24-12-9-21-40(43)35-41-22-10-13-25-44(41)52/h14-17,19,26-33,35,37-38,59-60H,1,4-13,18,20-25,34H2,2-3H3/b39-19-,51-42+/t37?,38-/m1/s1. The topological polar surface area (TPSA) is 84.7 Å². The lowest BCUT2D eigenvalue weighted by Gasteiger charge is -2.28. The molecule has 1 saturated carbocycles. The van der Waals surface area contributed by atoms with E-state index in [1.54, 1.807) is 0 Å². The van der Waals surface area contributed by atoms with Gasteiger partial charge in [0.1, 0.15) is 34.4 Å². The second-order valence-corrected chi connectivity index (χ2v) is 18.1. The van der Waals surface area contributed by atoms with Crippen LogP contribution in [0.2, 0.25) is 0 Å². The first-order valence-corrected chi connectivity index (χ1v) is 23.5. The summed E-state index contributed by atoms with van der Waals surface area (Å²) in [5.74, 6) is 1.79. The molecule has 4 aliphatic carbocycles. The van der Waals surface area contributed by atoms with E-state index in [0.29, 0.717) is 34.9 Å². The molecule has 4 aliphatic rings. The van der Waals surface area contributed by atoms with Crippen molar-refractivity contribution in [3.05, 3.63) is 136 Å². The Labute approximate surface area is 368 Å². The summed E-state index contributed by atoms with van der Waals surface area (Å²) in [7, 11) is 0. The van der Waals surface area contributed by atoms with E-state index in [4.69, 9.17) is 19.4 Å². The number of ether oxygens (including phenoxy) is 2. The highest BCUT2D eigenvalue weighted by Crippen LogP contribution is 2.48. The van der Waals surface area contributed by atoms with Crippen LogP contribution in [0, 0.1) is 0 Å². The molecule has 62 heavy (non-hydrogen) atoms. The van der Waals surface area contributed by atoms with Crippen LogP contribution in [0.25, 0.3) is 39.1 Å². The maximum absolute atomic E-state index is 12.1. The number of nitrogens with zero attached hydrogens (tertiary/aromatic N) is 2. The van der Waals surface area contributed by atoms with Crippen LogP contribution in [0.4, 0.5) is 0 Å². The monoisotopic (exact) mass is 826 g/mol. The molecule has 0 amide bonds. The Morgan fingerprint density at radius 1 is 0.581 bits per heavy atom. The molecule has 0 aliphatic heterocycles. The van der Waals surface area contributed by atoms with Gasteiger partial charge >= 0.3 is 0 Å². The number of para-hydroxylation sites is 2. The summed E-state index contributed by atoms with van der Waals surface area (Å²) in [5, 5.41) is 24.3. The molecule has 2 aromatic heterocycles. The Bertz CT molecular complexity index is 2500. The Hall–Kier alpha value is -5.62. The molecule has 2 atom stereocenters. The van der Waals surface area contributed by atoms with Crippen LogP contribution < -0.4 is 9.47 Å². The van der Waals surface area contributed by atoms with Crippen molar-refractivity contribution in [2.45, 2.75) is 142 Å². The highest BCUT2D eigenvalue weighted by atomic mass is 16.5. The number of aryl methyl sites for hydroxylation is 2. The van der Waals surface area contributed by atoms with E-state index < -0.39 is 0 Å². The summed E-state index contributed by atoms with van der Waals surface area (Å²) >= 11 is 0. The van der Waals surface area contributed by atoms with Gasteiger partial charge in [-0.25, -0.2) is 0 Å². The van der Waals surface area contributed by atoms with Crippen molar-refractivity contribution >= 4 is 5.57 Å². The number of aromatic hydroxyl groups is 2. The maximum Gasteiger partial charge on any atom is 0.149 e. The van der Waals surface area contributed by atoms with Gasteiger partial charge in [0.2, 0.25) is 0 Å². The average Bonchev–Trinajstić information content (AvgIpc) is 3.28. The quantitative estimate of drug-likeness (QED) is 0.146. The molecule has 0 spiro atoms. The van der Waals surface area contributed by atoms with Crippen molar-refractivity contribution in [1.29, 1.82) is 0 Å². The van der Waals surface area contributed by atoms with Gasteiger partial charge < -0.3 is 19.7 Å². The highest BCUT2D eigenvalue weighted by Gasteiger charge is 2.28. The molecule has 2 N–H and O–H groups in total. The third-order valence-electron chi connectivity index (χ3n) is 13.7. The maximum atomic E-state index is 12.1. The molecule has 5 aromatic rings. The fourth-order valence-electron chi connectivity index (χ4n) is 10.7. The summed E-state index contributed by atoms with van der Waals surface area (Å²) in [4.78, 5) is 9.72. The lowest BCUT2D eigenvalue weighted by atomic mass is 9.78. The molecular weight excluding hydrogens is 765 g/mol. The molecular formula is C56H62N2O4. The molecule has 3 aromatic carbocycles. The van der Waals surface area contributed by atoms with E-state index in [1.165, 1.54) is 83.9 Å². The van der Waals surface area contributed by atoms with Gasteiger partial charge in [0.25, 0.3) is 0 Å². The Morgan fingerprint density at radius 2 is 1.11 bits per heavy atom. The molecule has 6 heteroatoms. The minimum absolute atomic E-state index is 0.171. The number of hydrogen-bond donors (Lipinski definition) is 2. The summed E-state index contributed by atoms with van der Waals surface area (Å²) in [6, 6.07) is 22.2. The second kappa shape index (κ2) is 18.8. The number of aromatic nitrogens is 2. The zero-order valence-corrected chi connectivity index (χ0v) is 36.8. The van der Waals surface area contributed by atoms with E-state index in [-0.39, 0.29) is 23.7 Å². The van der Waals surface area contributed by atoms with Crippen molar-refractivity contribution in [3.63, 3.8) is 0 Å². The molecule has 0 saturated heterocycles. The van der Waals surface area contributed by atoms with E-state index in [9.17, 15) is 10.2 Å². The van der Waals surface area contributed by atoms with Gasteiger partial charge in [-0.2, -0.15) is 0 Å². The average molecular weight is 827 g/mol. The first-order valence-electron chi connectivity index (χ1n) is 23.5. The Morgan fingerprint density at radius 3 is 1.76 bits per heavy atom. The van der Waals surface area contributed by atoms with Gasteiger partial charge in [-0.15, -0.1) is 0 Å². The van der Waals surface area contributed by atoms with Gasteiger partial charge in [0.05, 0.1) is 12.2 Å². The van der Waals surface area contributed by atoms with Crippen molar-refractivity contribution in [2.24, 2.45) is 0 Å². The predicted molar refractivity (Wildman–Crippen MR) is 252 cm³/mol. The van der Waals surface area contributed by atoms with Crippen molar-refractivity contribution in [3.8, 4) is 56.5 Å². The van der Waals surface area contributed by atoms with Crippen LogP contribution in [0.3, 0.4) is 0 Å². The van der Waals surface area contributed by atoms with Gasteiger partial charge in [-0.3, -0.25) is 9.97 Å². The summed E-state index contributed by atoms with van der Waals surface area (Å²) in [5.41, 5.74) is 16.0. The van der Waals surface area contributed by atoms with Crippen LogP contribution in [-0.4, -0.2) is 32.4 Å². The van der Waals surface area contributed by atoms with Crippen LogP contribution in [0.5, 0.6) is 23.0 Å². The summed E-state index contributed by atoms with van der Waals surface area (Å²) < 4.78 is 13.4. The van der Waals surface area contributed by atoms with Crippen LogP contribution in [0.15, 0.2) is 108 Å². The zero-order chi connectivity index (χ0) is 42.6. The molecule has 9 rings (SSSR count). The number of fused-ring (bicyclic) bond motifs is 3.